The molecule has 0 amide bonds. The topological polar surface area (TPSA) is 49.8 Å². The van der Waals surface area contributed by atoms with E-state index in [1.54, 1.807) is 6.33 Å². The van der Waals surface area contributed by atoms with Crippen LogP contribution in [-0.4, -0.2) is 16.5 Å². The van der Waals surface area contributed by atoms with Crippen LogP contribution >= 0.6 is 15.9 Å². The summed E-state index contributed by atoms with van der Waals surface area (Å²) in [6.45, 7) is 5.23. The van der Waals surface area contributed by atoms with Gasteiger partial charge in [-0.15, -0.1) is 0 Å². The van der Waals surface area contributed by atoms with Crippen LogP contribution in [0.2, 0.25) is 0 Å². The van der Waals surface area contributed by atoms with Crippen LogP contribution in [0, 0.1) is 0 Å². The van der Waals surface area contributed by atoms with Crippen LogP contribution in [0.4, 0.5) is 17.3 Å². The van der Waals surface area contributed by atoms with E-state index in [1.165, 1.54) is 0 Å². The molecule has 1 heterocycles. The smallest absolute Gasteiger partial charge is 0.139 e. The van der Waals surface area contributed by atoms with E-state index >= 15 is 0 Å². The van der Waals surface area contributed by atoms with Gasteiger partial charge >= 0.3 is 0 Å². The molecule has 0 saturated carbocycles. The van der Waals surface area contributed by atoms with Gasteiger partial charge in [0.05, 0.1) is 5.69 Å². The Morgan fingerprint density at radius 1 is 1.05 bits per heavy atom. The van der Waals surface area contributed by atoms with Crippen molar-refractivity contribution in [3.8, 4) is 0 Å². The maximum Gasteiger partial charge on any atom is 0.139 e. The fourth-order valence-corrected chi connectivity index (χ4v) is 2.48. The molecule has 0 fully saturated rings. The number of para-hydroxylation sites is 1. The number of hydrogen-bond acceptors (Lipinski definition) is 4. The summed E-state index contributed by atoms with van der Waals surface area (Å²) in [5.41, 5.74) is 2.15. The Labute approximate surface area is 134 Å². The summed E-state index contributed by atoms with van der Waals surface area (Å²) >= 11 is 3.56. The van der Waals surface area contributed by atoms with Gasteiger partial charge in [-0.3, -0.25) is 0 Å². The largest absolute Gasteiger partial charge is 0.370 e. The van der Waals surface area contributed by atoms with Crippen LogP contribution < -0.4 is 10.6 Å². The number of nitrogens with one attached hydrogen (secondary N) is 2. The number of benzene rings is 1. The van der Waals surface area contributed by atoms with Gasteiger partial charge in [0, 0.05) is 16.6 Å². The third-order valence-corrected chi connectivity index (χ3v) is 3.81. The summed E-state index contributed by atoms with van der Waals surface area (Å²) < 4.78 is 1.02. The minimum absolute atomic E-state index is 0.873. The molecule has 0 aliphatic carbocycles. The Hall–Kier alpha value is -1.62. The molecule has 1 aromatic heterocycles. The summed E-state index contributed by atoms with van der Waals surface area (Å²) in [5.74, 6) is 1.81. The van der Waals surface area contributed by atoms with Gasteiger partial charge in [-0.1, -0.05) is 32.4 Å². The van der Waals surface area contributed by atoms with E-state index in [9.17, 15) is 0 Å². The number of aromatic nitrogens is 2. The van der Waals surface area contributed by atoms with Crippen LogP contribution in [0.1, 0.15) is 32.3 Å². The molecule has 2 aromatic rings. The van der Waals surface area contributed by atoms with Gasteiger partial charge in [0.25, 0.3) is 0 Å². The molecule has 0 spiro atoms. The Morgan fingerprint density at radius 3 is 2.52 bits per heavy atom. The highest BCUT2D eigenvalue weighted by Crippen LogP contribution is 2.28. The van der Waals surface area contributed by atoms with Gasteiger partial charge in [0.2, 0.25) is 0 Å². The zero-order valence-electron chi connectivity index (χ0n) is 12.5. The Kier molecular flexibility index (Phi) is 5.99. The molecule has 2 rings (SSSR count). The summed E-state index contributed by atoms with van der Waals surface area (Å²) in [6.07, 6.45) is 4.68. The first kappa shape index (κ1) is 15.8. The SMILES string of the molecule is CCCNc1ncnc(Nc2ccccc2Br)c1CCC. The van der Waals surface area contributed by atoms with Crippen molar-refractivity contribution in [2.45, 2.75) is 33.1 Å². The molecule has 0 atom stereocenters. The molecule has 5 heteroatoms. The number of anilines is 3. The number of halogens is 1. The van der Waals surface area contributed by atoms with Crippen LogP contribution in [-0.2, 0) is 6.42 Å². The first-order valence-corrected chi connectivity index (χ1v) is 8.14. The second-order valence-corrected chi connectivity index (χ2v) is 5.69. The van der Waals surface area contributed by atoms with E-state index in [4.69, 9.17) is 0 Å². The van der Waals surface area contributed by atoms with Crippen LogP contribution in [0.15, 0.2) is 35.1 Å². The summed E-state index contributed by atoms with van der Waals surface area (Å²) in [5, 5.41) is 6.79. The second-order valence-electron chi connectivity index (χ2n) is 4.83. The predicted molar refractivity (Wildman–Crippen MR) is 92.2 cm³/mol. The van der Waals surface area contributed by atoms with Gasteiger partial charge in [0.15, 0.2) is 0 Å². The third-order valence-electron chi connectivity index (χ3n) is 3.11. The highest BCUT2D eigenvalue weighted by Gasteiger charge is 2.11. The van der Waals surface area contributed by atoms with Crippen LogP contribution in [0.25, 0.3) is 0 Å². The lowest BCUT2D eigenvalue weighted by Crippen LogP contribution is -2.09. The van der Waals surface area contributed by atoms with Gasteiger partial charge < -0.3 is 10.6 Å². The minimum Gasteiger partial charge on any atom is -0.370 e. The zero-order chi connectivity index (χ0) is 15.1. The fourth-order valence-electron chi connectivity index (χ4n) is 2.09. The second kappa shape index (κ2) is 7.98. The standard InChI is InChI=1S/C16H21BrN4/c1-3-7-12-15(18-10-4-2)19-11-20-16(12)21-14-9-6-5-8-13(14)17/h5-6,8-9,11H,3-4,7,10H2,1-2H3,(H2,18,19,20,21). The predicted octanol–water partition coefficient (Wildman–Crippen LogP) is 4.76. The molecule has 1 aromatic carbocycles. The van der Waals surface area contributed by atoms with Crippen molar-refractivity contribution in [1.29, 1.82) is 0 Å². The number of rotatable bonds is 7. The zero-order valence-corrected chi connectivity index (χ0v) is 14.1. The van der Waals surface area contributed by atoms with Crippen molar-refractivity contribution in [2.24, 2.45) is 0 Å². The third kappa shape index (κ3) is 4.17. The Balaban J connectivity index is 2.31. The Morgan fingerprint density at radius 2 is 1.81 bits per heavy atom. The van der Waals surface area contributed by atoms with E-state index < -0.39 is 0 Å². The number of hydrogen-bond donors (Lipinski definition) is 2. The minimum atomic E-state index is 0.873. The van der Waals surface area contributed by atoms with Gasteiger partial charge in [0.1, 0.15) is 18.0 Å². The lowest BCUT2D eigenvalue weighted by atomic mass is 10.1. The average Bonchev–Trinajstić information content (AvgIpc) is 2.50. The van der Waals surface area contributed by atoms with Gasteiger partial charge in [-0.25, -0.2) is 9.97 Å². The first-order valence-electron chi connectivity index (χ1n) is 7.35. The molecule has 0 radical (unpaired) electrons. The lowest BCUT2D eigenvalue weighted by Gasteiger charge is -2.15. The molecule has 0 aliphatic heterocycles. The van der Waals surface area contributed by atoms with E-state index in [-0.39, 0.29) is 0 Å². The summed E-state index contributed by atoms with van der Waals surface area (Å²) in [7, 11) is 0. The molecular weight excluding hydrogens is 328 g/mol. The van der Waals surface area contributed by atoms with Crippen molar-refractivity contribution < 1.29 is 0 Å². The quantitative estimate of drug-likeness (QED) is 0.757. The molecule has 0 saturated heterocycles. The average molecular weight is 349 g/mol. The maximum atomic E-state index is 4.42. The molecule has 2 N–H and O–H groups in total. The number of nitrogens with zero attached hydrogens (tertiary/aromatic N) is 2. The highest BCUT2D eigenvalue weighted by atomic mass is 79.9. The molecular formula is C16H21BrN4. The van der Waals surface area contributed by atoms with E-state index in [0.29, 0.717) is 0 Å². The fraction of sp³-hybridized carbons (Fsp3) is 0.375. The molecule has 0 aliphatic rings. The molecule has 0 bridgehead atoms. The maximum absolute atomic E-state index is 4.42. The van der Waals surface area contributed by atoms with Crippen molar-refractivity contribution in [3.05, 3.63) is 40.6 Å². The normalized spacial score (nSPS) is 10.4. The summed E-state index contributed by atoms with van der Waals surface area (Å²) in [4.78, 5) is 8.80. The lowest BCUT2D eigenvalue weighted by molar-refractivity contribution is 0.892. The summed E-state index contributed by atoms with van der Waals surface area (Å²) in [6, 6.07) is 8.04. The molecule has 21 heavy (non-hydrogen) atoms. The van der Waals surface area contributed by atoms with E-state index in [1.807, 2.05) is 24.3 Å². The molecule has 4 nitrogen and oxygen atoms in total. The van der Waals surface area contributed by atoms with E-state index in [0.717, 1.165) is 53.2 Å². The van der Waals surface area contributed by atoms with Crippen molar-refractivity contribution in [3.63, 3.8) is 0 Å². The Bertz CT molecular complexity index is 586. The van der Waals surface area contributed by atoms with Crippen molar-refractivity contribution >= 4 is 33.3 Å². The van der Waals surface area contributed by atoms with Crippen LogP contribution in [0.5, 0.6) is 0 Å². The van der Waals surface area contributed by atoms with Crippen LogP contribution in [0.3, 0.4) is 0 Å². The first-order chi connectivity index (χ1) is 10.3. The van der Waals surface area contributed by atoms with Gasteiger partial charge in [-0.2, -0.15) is 0 Å². The van der Waals surface area contributed by atoms with Crippen molar-refractivity contribution in [1.82, 2.24) is 9.97 Å². The monoisotopic (exact) mass is 348 g/mol. The van der Waals surface area contributed by atoms with E-state index in [2.05, 4.69) is 50.4 Å². The van der Waals surface area contributed by atoms with Crippen molar-refractivity contribution in [2.75, 3.05) is 17.2 Å². The molecule has 0 unspecified atom stereocenters. The molecule has 112 valence electrons. The highest BCUT2D eigenvalue weighted by molar-refractivity contribution is 9.10. The van der Waals surface area contributed by atoms with Gasteiger partial charge in [-0.05, 0) is 40.9 Å².